The molecule has 0 saturated heterocycles. The standard InChI is InChI=1S/C16H31NSi/c1-5-12-15(3)18(4,6-2)16-13-10-8-7-9-11-14-17-16/h12H,5-11,13-14H2,1-4H3/b15-12+,17-16?. The van der Waals surface area contributed by atoms with Gasteiger partial charge in [-0.15, -0.1) is 0 Å². The molecule has 1 rings (SSSR count). The minimum atomic E-state index is -1.41. The Hall–Kier alpha value is -0.373. The third kappa shape index (κ3) is 4.08. The van der Waals surface area contributed by atoms with Crippen molar-refractivity contribution in [2.24, 2.45) is 4.99 Å². The van der Waals surface area contributed by atoms with Crippen molar-refractivity contribution in [3.8, 4) is 0 Å². The van der Waals surface area contributed by atoms with Crippen LogP contribution in [0.15, 0.2) is 16.3 Å². The van der Waals surface area contributed by atoms with Gasteiger partial charge in [-0.05, 0) is 32.6 Å². The van der Waals surface area contributed by atoms with Crippen molar-refractivity contribution in [1.29, 1.82) is 0 Å². The first-order chi connectivity index (χ1) is 8.65. The lowest BCUT2D eigenvalue weighted by atomic mass is 10.1. The van der Waals surface area contributed by atoms with Gasteiger partial charge in [0.05, 0.1) is 0 Å². The zero-order chi connectivity index (χ0) is 13.4. The van der Waals surface area contributed by atoms with Gasteiger partial charge in [0.2, 0.25) is 0 Å². The predicted molar refractivity (Wildman–Crippen MR) is 86.2 cm³/mol. The van der Waals surface area contributed by atoms with Gasteiger partial charge in [-0.25, -0.2) is 0 Å². The fourth-order valence-corrected chi connectivity index (χ4v) is 6.18. The Morgan fingerprint density at radius 2 is 1.83 bits per heavy atom. The molecule has 0 aromatic heterocycles. The van der Waals surface area contributed by atoms with E-state index in [9.17, 15) is 0 Å². The molecular weight excluding hydrogens is 234 g/mol. The molecule has 1 atom stereocenters. The van der Waals surface area contributed by atoms with Gasteiger partial charge in [-0.1, -0.05) is 57.0 Å². The summed E-state index contributed by atoms with van der Waals surface area (Å²) in [6, 6.07) is 1.31. The molecule has 0 saturated carbocycles. The fraction of sp³-hybridized carbons (Fsp3) is 0.812. The number of aliphatic imine (C=N–C) groups is 1. The lowest BCUT2D eigenvalue weighted by Crippen LogP contribution is -2.42. The van der Waals surface area contributed by atoms with E-state index in [1.54, 1.807) is 10.5 Å². The lowest BCUT2D eigenvalue weighted by molar-refractivity contribution is 0.639. The first-order valence-electron chi connectivity index (χ1n) is 7.86. The molecule has 0 bridgehead atoms. The summed E-state index contributed by atoms with van der Waals surface area (Å²) < 4.78 is 0. The molecule has 0 amide bonds. The van der Waals surface area contributed by atoms with E-state index in [0.29, 0.717) is 0 Å². The summed E-state index contributed by atoms with van der Waals surface area (Å²) in [7, 11) is -1.41. The Morgan fingerprint density at radius 3 is 2.50 bits per heavy atom. The van der Waals surface area contributed by atoms with Gasteiger partial charge in [0.25, 0.3) is 0 Å². The zero-order valence-electron chi connectivity index (χ0n) is 12.9. The maximum absolute atomic E-state index is 5.03. The van der Waals surface area contributed by atoms with Gasteiger partial charge < -0.3 is 0 Å². The average molecular weight is 266 g/mol. The molecule has 2 heteroatoms. The van der Waals surface area contributed by atoms with Crippen molar-refractivity contribution >= 4 is 13.4 Å². The molecule has 1 aliphatic heterocycles. The maximum atomic E-state index is 5.03. The van der Waals surface area contributed by atoms with Gasteiger partial charge in [0, 0.05) is 11.9 Å². The molecule has 1 heterocycles. The van der Waals surface area contributed by atoms with Crippen molar-refractivity contribution < 1.29 is 0 Å². The average Bonchev–Trinajstić information content (AvgIpc) is 2.51. The van der Waals surface area contributed by atoms with Crippen molar-refractivity contribution in [2.45, 2.75) is 78.3 Å². The number of rotatable bonds is 4. The number of hydrogen-bond acceptors (Lipinski definition) is 1. The monoisotopic (exact) mass is 265 g/mol. The molecule has 104 valence electrons. The van der Waals surface area contributed by atoms with E-state index in [0.717, 1.165) is 6.54 Å². The summed E-state index contributed by atoms with van der Waals surface area (Å²) in [4.78, 5) is 5.03. The topological polar surface area (TPSA) is 12.4 Å². The minimum absolute atomic E-state index is 1.08. The summed E-state index contributed by atoms with van der Waals surface area (Å²) in [6.07, 6.45) is 11.7. The van der Waals surface area contributed by atoms with Crippen LogP contribution in [0.1, 0.15) is 65.7 Å². The Balaban J connectivity index is 2.92. The van der Waals surface area contributed by atoms with Gasteiger partial charge in [-0.2, -0.15) is 0 Å². The third-order valence-electron chi connectivity index (χ3n) is 4.60. The van der Waals surface area contributed by atoms with E-state index in [1.165, 1.54) is 51.0 Å². The van der Waals surface area contributed by atoms with Crippen molar-refractivity contribution in [3.05, 3.63) is 11.3 Å². The van der Waals surface area contributed by atoms with Gasteiger partial charge in [0.1, 0.15) is 8.07 Å². The maximum Gasteiger partial charge on any atom is 0.127 e. The van der Waals surface area contributed by atoms with Crippen molar-refractivity contribution in [2.75, 3.05) is 6.54 Å². The van der Waals surface area contributed by atoms with Crippen LogP contribution < -0.4 is 0 Å². The second-order valence-corrected chi connectivity index (χ2v) is 10.6. The molecule has 1 nitrogen and oxygen atoms in total. The second-order valence-electron chi connectivity index (χ2n) is 5.83. The highest BCUT2D eigenvalue weighted by Crippen LogP contribution is 2.26. The van der Waals surface area contributed by atoms with E-state index in [1.807, 2.05) is 0 Å². The summed E-state index contributed by atoms with van der Waals surface area (Å²) in [6.45, 7) is 10.6. The van der Waals surface area contributed by atoms with E-state index in [2.05, 4.69) is 33.4 Å². The Kier molecular flexibility index (Phi) is 6.91. The minimum Gasteiger partial charge on any atom is -0.298 e. The van der Waals surface area contributed by atoms with E-state index in [4.69, 9.17) is 4.99 Å². The smallest absolute Gasteiger partial charge is 0.127 e. The summed E-state index contributed by atoms with van der Waals surface area (Å²) in [5.41, 5.74) is 0. The van der Waals surface area contributed by atoms with Crippen LogP contribution in [0, 0.1) is 0 Å². The Morgan fingerprint density at radius 1 is 1.17 bits per heavy atom. The van der Waals surface area contributed by atoms with E-state index in [-0.39, 0.29) is 0 Å². The summed E-state index contributed by atoms with van der Waals surface area (Å²) >= 11 is 0. The fourth-order valence-electron chi connectivity index (χ4n) is 2.92. The zero-order valence-corrected chi connectivity index (χ0v) is 13.9. The number of hydrogen-bond donors (Lipinski definition) is 0. The van der Waals surface area contributed by atoms with Crippen LogP contribution in [0.5, 0.6) is 0 Å². The molecule has 0 fully saturated rings. The first-order valence-corrected chi connectivity index (χ1v) is 10.6. The second kappa shape index (κ2) is 7.93. The third-order valence-corrected chi connectivity index (χ3v) is 9.64. The molecule has 0 radical (unpaired) electrons. The lowest BCUT2D eigenvalue weighted by Gasteiger charge is -2.29. The van der Waals surface area contributed by atoms with Crippen molar-refractivity contribution in [3.63, 3.8) is 0 Å². The Bertz CT molecular complexity index is 306. The normalized spacial score (nSPS) is 22.4. The van der Waals surface area contributed by atoms with Gasteiger partial charge in [-0.3, -0.25) is 4.99 Å². The van der Waals surface area contributed by atoms with Crippen LogP contribution >= 0.6 is 0 Å². The highest BCUT2D eigenvalue weighted by molar-refractivity contribution is 7.10. The molecule has 18 heavy (non-hydrogen) atoms. The highest BCUT2D eigenvalue weighted by atomic mass is 28.3. The van der Waals surface area contributed by atoms with Crippen LogP contribution in [0.3, 0.4) is 0 Å². The van der Waals surface area contributed by atoms with Crippen molar-refractivity contribution in [1.82, 2.24) is 0 Å². The predicted octanol–water partition coefficient (Wildman–Crippen LogP) is 5.31. The van der Waals surface area contributed by atoms with E-state index < -0.39 is 8.07 Å². The molecule has 1 aliphatic rings. The SMILES string of the molecule is CC/C=C(\C)[Si](C)(CC)C1=NCCCCCCC1. The van der Waals surface area contributed by atoms with Gasteiger partial charge >= 0.3 is 0 Å². The molecular formula is C16H31NSi. The Labute approximate surface area is 115 Å². The molecule has 0 aromatic rings. The quantitative estimate of drug-likeness (QED) is 0.610. The van der Waals surface area contributed by atoms with Crippen LogP contribution in [-0.4, -0.2) is 20.0 Å². The number of nitrogens with zero attached hydrogens (tertiary/aromatic N) is 1. The molecule has 0 N–H and O–H groups in total. The van der Waals surface area contributed by atoms with Crippen LogP contribution in [-0.2, 0) is 0 Å². The largest absolute Gasteiger partial charge is 0.298 e. The molecule has 1 unspecified atom stereocenters. The molecule has 0 aromatic carbocycles. The van der Waals surface area contributed by atoms with Crippen LogP contribution in [0.4, 0.5) is 0 Å². The summed E-state index contributed by atoms with van der Waals surface area (Å²) in [5, 5.41) is 3.26. The number of allylic oxidation sites excluding steroid dienone is 2. The van der Waals surface area contributed by atoms with Gasteiger partial charge in [0.15, 0.2) is 0 Å². The molecule has 0 spiro atoms. The molecule has 0 aliphatic carbocycles. The van der Waals surface area contributed by atoms with Crippen LogP contribution in [0.2, 0.25) is 12.6 Å². The first kappa shape index (κ1) is 15.7. The highest BCUT2D eigenvalue weighted by Gasteiger charge is 2.32. The van der Waals surface area contributed by atoms with Crippen LogP contribution in [0.25, 0.3) is 0 Å². The summed E-state index contributed by atoms with van der Waals surface area (Å²) in [5.74, 6) is 0. The van der Waals surface area contributed by atoms with E-state index >= 15 is 0 Å².